The van der Waals surface area contributed by atoms with E-state index in [0.717, 1.165) is 19.7 Å². The maximum absolute atomic E-state index is 12.3. The van der Waals surface area contributed by atoms with E-state index in [1.165, 1.54) is 0 Å². The Morgan fingerprint density at radius 3 is 3.25 bits per heavy atom. The van der Waals surface area contributed by atoms with E-state index in [2.05, 4.69) is 11.4 Å². The van der Waals surface area contributed by atoms with Gasteiger partial charge in [-0.2, -0.15) is 5.26 Å². The molecular formula is C15H19N3O2. The molecule has 1 aliphatic rings. The first-order valence-electron chi connectivity index (χ1n) is 6.75. The minimum absolute atomic E-state index is 0.0636. The Morgan fingerprint density at radius 1 is 1.60 bits per heavy atom. The van der Waals surface area contributed by atoms with Gasteiger partial charge >= 0.3 is 0 Å². The average Bonchev–Trinajstić information content (AvgIpc) is 2.75. The fraction of sp³-hybridized carbons (Fsp3) is 0.467. The fourth-order valence-corrected chi connectivity index (χ4v) is 2.29. The Hall–Kier alpha value is -1.90. The number of nitrogens with one attached hydrogen (secondary N) is 1. The SMILES string of the molecule is CN(CC1CNCCOC1)C(=O)c1cccc(C#N)c1. The second kappa shape index (κ2) is 7.04. The van der Waals surface area contributed by atoms with E-state index in [1.807, 2.05) is 0 Å². The Bertz CT molecular complexity index is 502. The van der Waals surface area contributed by atoms with Crippen molar-refractivity contribution in [3.63, 3.8) is 0 Å². The van der Waals surface area contributed by atoms with Crippen molar-refractivity contribution in [3.05, 3.63) is 35.4 Å². The first kappa shape index (κ1) is 14.5. The zero-order valence-electron chi connectivity index (χ0n) is 11.6. The predicted octanol–water partition coefficient (Wildman–Crippen LogP) is 0.866. The van der Waals surface area contributed by atoms with E-state index in [1.54, 1.807) is 36.2 Å². The van der Waals surface area contributed by atoms with Crippen LogP contribution in [0.3, 0.4) is 0 Å². The van der Waals surface area contributed by atoms with Gasteiger partial charge in [-0.25, -0.2) is 0 Å². The maximum Gasteiger partial charge on any atom is 0.253 e. The molecule has 0 aliphatic carbocycles. The molecule has 1 unspecified atom stereocenters. The van der Waals surface area contributed by atoms with Crippen LogP contribution in [0.4, 0.5) is 0 Å². The zero-order chi connectivity index (χ0) is 14.4. The number of benzene rings is 1. The third-order valence-corrected chi connectivity index (χ3v) is 3.33. The molecule has 1 heterocycles. The van der Waals surface area contributed by atoms with Gasteiger partial charge in [0.05, 0.1) is 24.8 Å². The predicted molar refractivity (Wildman–Crippen MR) is 75.3 cm³/mol. The number of hydrogen-bond acceptors (Lipinski definition) is 4. The van der Waals surface area contributed by atoms with Crippen molar-refractivity contribution in [1.82, 2.24) is 10.2 Å². The molecule has 0 aromatic heterocycles. The molecule has 1 aromatic carbocycles. The van der Waals surface area contributed by atoms with E-state index in [9.17, 15) is 4.79 Å². The topological polar surface area (TPSA) is 65.4 Å². The van der Waals surface area contributed by atoms with Crippen LogP contribution in [0, 0.1) is 17.2 Å². The summed E-state index contributed by atoms with van der Waals surface area (Å²) in [5, 5.41) is 12.2. The van der Waals surface area contributed by atoms with Crippen LogP contribution in [-0.2, 0) is 4.74 Å². The highest BCUT2D eigenvalue weighted by atomic mass is 16.5. The normalized spacial score (nSPS) is 18.9. The highest BCUT2D eigenvalue weighted by molar-refractivity contribution is 5.94. The minimum atomic E-state index is -0.0636. The summed E-state index contributed by atoms with van der Waals surface area (Å²) in [5.74, 6) is 0.233. The number of amides is 1. The molecule has 1 fully saturated rings. The molecule has 20 heavy (non-hydrogen) atoms. The largest absolute Gasteiger partial charge is 0.380 e. The van der Waals surface area contributed by atoms with Crippen molar-refractivity contribution in [2.75, 3.05) is 39.9 Å². The van der Waals surface area contributed by atoms with E-state index >= 15 is 0 Å². The summed E-state index contributed by atoms with van der Waals surface area (Å²) >= 11 is 0. The second-order valence-electron chi connectivity index (χ2n) is 5.02. The lowest BCUT2D eigenvalue weighted by Gasteiger charge is -2.23. The van der Waals surface area contributed by atoms with Crippen LogP contribution in [-0.4, -0.2) is 50.7 Å². The third kappa shape index (κ3) is 3.80. The third-order valence-electron chi connectivity index (χ3n) is 3.33. The summed E-state index contributed by atoms with van der Waals surface area (Å²) in [6.07, 6.45) is 0. The van der Waals surface area contributed by atoms with Crippen LogP contribution >= 0.6 is 0 Å². The quantitative estimate of drug-likeness (QED) is 0.887. The molecule has 1 atom stereocenters. The Kier molecular flexibility index (Phi) is 5.10. The van der Waals surface area contributed by atoms with E-state index in [-0.39, 0.29) is 5.91 Å². The summed E-state index contributed by atoms with van der Waals surface area (Å²) in [6.45, 7) is 3.75. The van der Waals surface area contributed by atoms with Crippen LogP contribution in [0.5, 0.6) is 0 Å². The summed E-state index contributed by atoms with van der Waals surface area (Å²) in [6, 6.07) is 8.84. The zero-order valence-corrected chi connectivity index (χ0v) is 11.6. The lowest BCUT2D eigenvalue weighted by atomic mass is 10.1. The molecule has 1 amide bonds. The number of rotatable bonds is 3. The number of carbonyl (C=O) groups is 1. The van der Waals surface area contributed by atoms with Gasteiger partial charge in [0.15, 0.2) is 0 Å². The van der Waals surface area contributed by atoms with Gasteiger partial charge in [-0.05, 0) is 18.2 Å². The number of nitriles is 1. The van der Waals surface area contributed by atoms with Gasteiger partial charge in [-0.3, -0.25) is 4.79 Å². The van der Waals surface area contributed by atoms with E-state index in [4.69, 9.17) is 10.00 Å². The standard InChI is InChI=1S/C15H19N3O2/c1-18(10-13-9-17-5-6-20-11-13)15(19)14-4-2-3-12(7-14)8-16/h2-4,7,13,17H,5-6,9-11H2,1H3. The molecule has 1 N–H and O–H groups in total. The second-order valence-corrected chi connectivity index (χ2v) is 5.02. The molecule has 1 saturated heterocycles. The van der Waals surface area contributed by atoms with Crippen LogP contribution in [0.25, 0.3) is 0 Å². The van der Waals surface area contributed by atoms with Gasteiger partial charge in [0.1, 0.15) is 0 Å². The van der Waals surface area contributed by atoms with Gasteiger partial charge in [0.2, 0.25) is 0 Å². The Labute approximate surface area is 119 Å². The molecule has 5 heteroatoms. The maximum atomic E-state index is 12.3. The molecule has 2 rings (SSSR count). The molecule has 0 saturated carbocycles. The molecule has 0 spiro atoms. The van der Waals surface area contributed by atoms with Crippen molar-refractivity contribution in [1.29, 1.82) is 5.26 Å². The first-order valence-corrected chi connectivity index (χ1v) is 6.75. The fourth-order valence-electron chi connectivity index (χ4n) is 2.29. The molecule has 0 radical (unpaired) electrons. The van der Waals surface area contributed by atoms with E-state index < -0.39 is 0 Å². The molecule has 1 aliphatic heterocycles. The van der Waals surface area contributed by atoms with Crippen molar-refractivity contribution in [2.45, 2.75) is 0 Å². The summed E-state index contributed by atoms with van der Waals surface area (Å²) in [4.78, 5) is 14.0. The Morgan fingerprint density at radius 2 is 2.45 bits per heavy atom. The van der Waals surface area contributed by atoms with Crippen LogP contribution in [0.15, 0.2) is 24.3 Å². The van der Waals surface area contributed by atoms with Gasteiger partial charge in [-0.15, -0.1) is 0 Å². The molecule has 0 bridgehead atoms. The number of hydrogen-bond donors (Lipinski definition) is 1. The summed E-state index contributed by atoms with van der Waals surface area (Å²) < 4.78 is 5.49. The van der Waals surface area contributed by atoms with Crippen molar-refractivity contribution >= 4 is 5.91 Å². The van der Waals surface area contributed by atoms with Gasteiger partial charge < -0.3 is 15.0 Å². The van der Waals surface area contributed by atoms with Crippen molar-refractivity contribution in [2.24, 2.45) is 5.92 Å². The molecule has 1 aromatic rings. The van der Waals surface area contributed by atoms with Crippen molar-refractivity contribution in [3.8, 4) is 6.07 Å². The number of nitrogens with zero attached hydrogens (tertiary/aromatic N) is 2. The van der Waals surface area contributed by atoms with Gasteiger partial charge in [0, 0.05) is 38.2 Å². The van der Waals surface area contributed by atoms with Crippen LogP contribution in [0.2, 0.25) is 0 Å². The van der Waals surface area contributed by atoms with Crippen LogP contribution in [0.1, 0.15) is 15.9 Å². The minimum Gasteiger partial charge on any atom is -0.380 e. The molecule has 5 nitrogen and oxygen atoms in total. The highest BCUT2D eigenvalue weighted by Gasteiger charge is 2.18. The van der Waals surface area contributed by atoms with E-state index in [0.29, 0.717) is 30.2 Å². The van der Waals surface area contributed by atoms with Gasteiger partial charge in [-0.1, -0.05) is 6.07 Å². The Balaban J connectivity index is 1.98. The summed E-state index contributed by atoms with van der Waals surface area (Å²) in [5.41, 5.74) is 1.05. The lowest BCUT2D eigenvalue weighted by molar-refractivity contribution is 0.0714. The molecular weight excluding hydrogens is 254 g/mol. The number of ether oxygens (including phenoxy) is 1. The van der Waals surface area contributed by atoms with Crippen LogP contribution < -0.4 is 5.32 Å². The summed E-state index contributed by atoms with van der Waals surface area (Å²) in [7, 11) is 1.78. The molecule has 106 valence electrons. The monoisotopic (exact) mass is 273 g/mol. The smallest absolute Gasteiger partial charge is 0.253 e. The number of carbonyl (C=O) groups excluding carboxylic acids is 1. The van der Waals surface area contributed by atoms with Gasteiger partial charge in [0.25, 0.3) is 5.91 Å². The lowest BCUT2D eigenvalue weighted by Crippen LogP contribution is -2.36. The first-order chi connectivity index (χ1) is 9.70. The van der Waals surface area contributed by atoms with Crippen molar-refractivity contribution < 1.29 is 9.53 Å². The average molecular weight is 273 g/mol. The highest BCUT2D eigenvalue weighted by Crippen LogP contribution is 2.09.